The molecule has 5 radical (unpaired) electrons. The minimum absolute atomic E-state index is 0. The third-order valence-corrected chi connectivity index (χ3v) is 5.34. The molecule has 163 valence electrons. The van der Waals surface area contributed by atoms with Crippen molar-refractivity contribution in [1.82, 2.24) is 0 Å². The SMILES string of the molecule is C[C]1[C](C)[C](C)[C](C)[C]1C.[CH2-]c1ccccc1.[CH2-]c1ccccc1.[CH2-]c1ccccc1.[U+4]. The molecule has 32 heavy (non-hydrogen) atoms. The third-order valence-electron chi connectivity index (χ3n) is 5.34. The van der Waals surface area contributed by atoms with Gasteiger partial charge in [0.1, 0.15) is 0 Å². The van der Waals surface area contributed by atoms with Crippen LogP contribution in [0.1, 0.15) is 51.3 Å². The van der Waals surface area contributed by atoms with Gasteiger partial charge in [0.15, 0.2) is 0 Å². The summed E-state index contributed by atoms with van der Waals surface area (Å²) >= 11 is 0. The van der Waals surface area contributed by atoms with Crippen molar-refractivity contribution in [2.75, 3.05) is 0 Å². The van der Waals surface area contributed by atoms with Gasteiger partial charge in [-0.3, -0.25) is 0 Å². The van der Waals surface area contributed by atoms with E-state index in [-0.39, 0.29) is 31.1 Å². The van der Waals surface area contributed by atoms with Gasteiger partial charge in [-0.15, -0.1) is 36.4 Å². The first-order valence-corrected chi connectivity index (χ1v) is 10.5. The Labute approximate surface area is 222 Å². The molecule has 0 unspecified atom stereocenters. The van der Waals surface area contributed by atoms with Crippen molar-refractivity contribution in [2.24, 2.45) is 0 Å². The molecule has 1 heteroatoms. The van der Waals surface area contributed by atoms with Crippen molar-refractivity contribution in [1.29, 1.82) is 0 Å². The summed E-state index contributed by atoms with van der Waals surface area (Å²) in [6.45, 7) is 22.2. The van der Waals surface area contributed by atoms with Gasteiger partial charge < -0.3 is 0 Å². The monoisotopic (exact) mass is 646 g/mol. The summed E-state index contributed by atoms with van der Waals surface area (Å²) in [6, 6.07) is 29.6. The predicted octanol–water partition coefficient (Wildman–Crippen LogP) is 8.58. The maximum Gasteiger partial charge on any atom is 4.00 e. The Bertz CT molecular complexity index is 664. The van der Waals surface area contributed by atoms with Gasteiger partial charge >= 0.3 is 31.1 Å². The molecule has 0 aromatic heterocycles. The first-order chi connectivity index (χ1) is 14.7. The molecule has 3 aromatic rings. The molecule has 0 spiro atoms. The van der Waals surface area contributed by atoms with Crippen LogP contribution in [0.25, 0.3) is 0 Å². The van der Waals surface area contributed by atoms with Crippen molar-refractivity contribution in [3.8, 4) is 0 Å². The molecule has 0 atom stereocenters. The molecule has 1 aliphatic carbocycles. The molecule has 0 heterocycles. The molecular formula is C31H36U+. The van der Waals surface area contributed by atoms with E-state index in [9.17, 15) is 0 Å². The Hall–Kier alpha value is -1.68. The van der Waals surface area contributed by atoms with E-state index in [1.54, 1.807) is 0 Å². The minimum atomic E-state index is 0. The van der Waals surface area contributed by atoms with Crippen molar-refractivity contribution in [3.05, 3.63) is 158 Å². The van der Waals surface area contributed by atoms with E-state index in [0.29, 0.717) is 0 Å². The van der Waals surface area contributed by atoms with E-state index < -0.39 is 0 Å². The Morgan fingerprint density at radius 1 is 0.344 bits per heavy atom. The first-order valence-electron chi connectivity index (χ1n) is 10.5. The standard InChI is InChI=1S/C10H15.3C7H7.U/c1-6-7(2)9(4)10(5)8(6)3;3*1-7-5-3-2-4-6-7;/h1-5H3;3*2-6H,1H2;/q;3*-1;+4. The fourth-order valence-corrected chi connectivity index (χ4v) is 2.84. The third kappa shape index (κ3) is 11.8. The number of rotatable bonds is 0. The van der Waals surface area contributed by atoms with E-state index in [4.69, 9.17) is 0 Å². The topological polar surface area (TPSA) is 0 Å². The average molecular weight is 647 g/mol. The van der Waals surface area contributed by atoms with Crippen LogP contribution >= 0.6 is 0 Å². The fraction of sp³-hybridized carbons (Fsp3) is 0.161. The number of hydrogen-bond acceptors (Lipinski definition) is 0. The van der Waals surface area contributed by atoms with E-state index in [1.165, 1.54) is 29.6 Å². The molecule has 0 saturated heterocycles. The van der Waals surface area contributed by atoms with Gasteiger partial charge in [0, 0.05) is 0 Å². The van der Waals surface area contributed by atoms with E-state index >= 15 is 0 Å². The zero-order valence-corrected chi connectivity index (χ0v) is 24.4. The Morgan fingerprint density at radius 2 is 0.500 bits per heavy atom. The van der Waals surface area contributed by atoms with E-state index in [1.807, 2.05) is 91.0 Å². The normalized spacial score (nSPS) is 14.5. The molecule has 0 N–H and O–H groups in total. The molecule has 1 aliphatic rings. The quantitative estimate of drug-likeness (QED) is 0.215. The molecular weight excluding hydrogens is 610 g/mol. The van der Waals surface area contributed by atoms with Crippen LogP contribution in [0.2, 0.25) is 0 Å². The summed E-state index contributed by atoms with van der Waals surface area (Å²) in [7, 11) is 0. The summed E-state index contributed by atoms with van der Waals surface area (Å²) in [4.78, 5) is 0. The van der Waals surface area contributed by atoms with Crippen molar-refractivity contribution in [3.63, 3.8) is 0 Å². The number of hydrogen-bond donors (Lipinski definition) is 0. The second-order valence-electron chi connectivity index (χ2n) is 7.58. The molecule has 4 rings (SSSR count). The minimum Gasteiger partial charge on any atom is -0.199 e. The molecule has 0 nitrogen and oxygen atoms in total. The first kappa shape index (κ1) is 30.3. The molecule has 1 fully saturated rings. The van der Waals surface area contributed by atoms with Crippen LogP contribution in [0.5, 0.6) is 0 Å². The van der Waals surface area contributed by atoms with Gasteiger partial charge in [-0.2, -0.15) is 73.9 Å². The average Bonchev–Trinajstić information content (AvgIpc) is 2.94. The largest absolute Gasteiger partial charge is 4.00 e. The van der Waals surface area contributed by atoms with Gasteiger partial charge in [-0.25, -0.2) is 0 Å². The van der Waals surface area contributed by atoms with Gasteiger partial charge in [-0.1, -0.05) is 52.8 Å². The van der Waals surface area contributed by atoms with Crippen LogP contribution in [0, 0.1) is 81.5 Å². The molecule has 0 aliphatic heterocycles. The number of benzene rings is 3. The molecule has 1 saturated carbocycles. The second kappa shape index (κ2) is 16.9. The van der Waals surface area contributed by atoms with Crippen molar-refractivity contribution in [2.45, 2.75) is 34.6 Å². The van der Waals surface area contributed by atoms with Gasteiger partial charge in [0.2, 0.25) is 0 Å². The van der Waals surface area contributed by atoms with Gasteiger partial charge in [0.25, 0.3) is 0 Å². The van der Waals surface area contributed by atoms with Crippen LogP contribution in [-0.4, -0.2) is 0 Å². The Morgan fingerprint density at radius 3 is 0.594 bits per heavy atom. The van der Waals surface area contributed by atoms with Crippen LogP contribution < -0.4 is 0 Å². The summed E-state index contributed by atoms with van der Waals surface area (Å²) in [5, 5.41) is 0. The van der Waals surface area contributed by atoms with Crippen LogP contribution in [-0.2, 0) is 0 Å². The molecule has 3 aromatic carbocycles. The maximum absolute atomic E-state index is 3.72. The zero-order valence-electron chi connectivity index (χ0n) is 20.3. The summed E-state index contributed by atoms with van der Waals surface area (Å²) in [5.41, 5.74) is 3.22. The van der Waals surface area contributed by atoms with Crippen LogP contribution in [0.3, 0.4) is 0 Å². The Balaban J connectivity index is 0.000000401. The second-order valence-corrected chi connectivity index (χ2v) is 7.58. The van der Waals surface area contributed by atoms with Gasteiger partial charge in [-0.05, 0) is 29.6 Å². The smallest absolute Gasteiger partial charge is 0.199 e. The predicted molar refractivity (Wildman–Crippen MR) is 137 cm³/mol. The summed E-state index contributed by atoms with van der Waals surface area (Å²) < 4.78 is 0. The van der Waals surface area contributed by atoms with Crippen LogP contribution in [0.4, 0.5) is 0 Å². The molecule has 0 amide bonds. The maximum atomic E-state index is 3.72. The van der Waals surface area contributed by atoms with Crippen molar-refractivity contribution >= 4 is 0 Å². The van der Waals surface area contributed by atoms with E-state index in [2.05, 4.69) is 55.4 Å². The summed E-state index contributed by atoms with van der Waals surface area (Å²) in [6.07, 6.45) is 0. The van der Waals surface area contributed by atoms with Crippen LogP contribution in [0.15, 0.2) is 91.0 Å². The fourth-order valence-electron chi connectivity index (χ4n) is 2.84. The van der Waals surface area contributed by atoms with Crippen molar-refractivity contribution < 1.29 is 31.1 Å². The molecule has 0 bridgehead atoms. The van der Waals surface area contributed by atoms with E-state index in [0.717, 1.165) is 16.7 Å². The summed E-state index contributed by atoms with van der Waals surface area (Å²) in [5.74, 6) is 7.34. The zero-order chi connectivity index (χ0) is 23.2. The van der Waals surface area contributed by atoms with Gasteiger partial charge in [0.05, 0.1) is 0 Å². The Kier molecular flexibility index (Phi) is 16.0.